The summed E-state index contributed by atoms with van der Waals surface area (Å²) in [5.74, 6) is -0.0746. The highest BCUT2D eigenvalue weighted by Crippen LogP contribution is 2.15. The number of rotatable bonds is 32. The van der Waals surface area contributed by atoms with Gasteiger partial charge in [-0.3, -0.25) is 4.79 Å². The quantitative estimate of drug-likeness (QED) is 0.0550. The lowest BCUT2D eigenvalue weighted by molar-refractivity contribution is -0.123. The fourth-order valence-corrected chi connectivity index (χ4v) is 5.37. The lowest BCUT2D eigenvalue weighted by Gasteiger charge is -2.19. The largest absolute Gasteiger partial charge is 0.394 e. The summed E-state index contributed by atoms with van der Waals surface area (Å²) in [6.45, 7) is 4.26. The van der Waals surface area contributed by atoms with Crippen molar-refractivity contribution in [3.8, 4) is 0 Å². The van der Waals surface area contributed by atoms with Gasteiger partial charge in [-0.1, -0.05) is 173 Å². The van der Waals surface area contributed by atoms with Crippen LogP contribution in [0.5, 0.6) is 0 Å². The fraction of sp³-hybridized carbons (Fsp3) is 0.865. The van der Waals surface area contributed by atoms with Crippen molar-refractivity contribution in [3.63, 3.8) is 0 Å². The van der Waals surface area contributed by atoms with E-state index in [4.69, 9.17) is 0 Å². The fourth-order valence-electron chi connectivity index (χ4n) is 5.37. The Kier molecular flexibility index (Phi) is 32.5. The van der Waals surface area contributed by atoms with Gasteiger partial charge in [0, 0.05) is 6.42 Å². The summed E-state index contributed by atoms with van der Waals surface area (Å²) >= 11 is 0. The van der Waals surface area contributed by atoms with E-state index in [1.165, 1.54) is 135 Å². The van der Waals surface area contributed by atoms with Crippen molar-refractivity contribution in [2.45, 2.75) is 199 Å². The summed E-state index contributed by atoms with van der Waals surface area (Å²) < 4.78 is 0. The standard InChI is InChI=1S/C37H71NO3/c1-3-5-7-9-11-13-15-16-17-18-19-20-21-22-23-25-27-29-31-33-37(41)38-35(34-39)36(40)32-30-28-26-24-14-12-10-8-6-4-2/h14,24,30,32,35-36,39-40H,3-13,15-23,25-29,31,33-34H2,1-2H3,(H,38,41)/b24-14+,32-30+/t35-,36+/m0/s1. The van der Waals surface area contributed by atoms with Crippen molar-refractivity contribution in [3.05, 3.63) is 24.3 Å². The molecule has 0 unspecified atom stereocenters. The Hall–Kier alpha value is -1.13. The first kappa shape index (κ1) is 39.9. The third-order valence-electron chi connectivity index (χ3n) is 8.19. The van der Waals surface area contributed by atoms with Crippen LogP contribution in [0.25, 0.3) is 0 Å². The summed E-state index contributed by atoms with van der Waals surface area (Å²) in [4.78, 5) is 12.3. The Morgan fingerprint density at radius 2 is 0.951 bits per heavy atom. The number of hydrogen-bond donors (Lipinski definition) is 3. The molecule has 0 aliphatic rings. The minimum absolute atomic E-state index is 0.0746. The molecule has 0 aromatic rings. The molecule has 0 aliphatic heterocycles. The third-order valence-corrected chi connectivity index (χ3v) is 8.19. The van der Waals surface area contributed by atoms with Crippen molar-refractivity contribution in [2.24, 2.45) is 0 Å². The molecule has 1 amide bonds. The van der Waals surface area contributed by atoms with E-state index in [-0.39, 0.29) is 12.5 Å². The van der Waals surface area contributed by atoms with Crippen molar-refractivity contribution in [1.82, 2.24) is 5.32 Å². The molecule has 0 rings (SSSR count). The van der Waals surface area contributed by atoms with E-state index < -0.39 is 12.1 Å². The highest BCUT2D eigenvalue weighted by Gasteiger charge is 2.17. The second-order valence-corrected chi connectivity index (χ2v) is 12.3. The Labute approximate surface area is 256 Å². The summed E-state index contributed by atoms with van der Waals surface area (Å²) in [6.07, 6.45) is 41.2. The monoisotopic (exact) mass is 578 g/mol. The van der Waals surface area contributed by atoms with Crippen LogP contribution in [0.1, 0.15) is 187 Å². The zero-order valence-electron chi connectivity index (χ0n) is 27.6. The van der Waals surface area contributed by atoms with Crippen molar-refractivity contribution < 1.29 is 15.0 Å². The molecule has 0 aromatic carbocycles. The molecule has 0 radical (unpaired) electrons. The molecule has 4 nitrogen and oxygen atoms in total. The molecular formula is C37H71NO3. The molecule has 0 saturated heterocycles. The van der Waals surface area contributed by atoms with Crippen LogP contribution in [0.15, 0.2) is 24.3 Å². The van der Waals surface area contributed by atoms with Crippen LogP contribution in [-0.4, -0.2) is 34.9 Å². The van der Waals surface area contributed by atoms with Gasteiger partial charge in [0.15, 0.2) is 0 Å². The number of carbonyl (C=O) groups is 1. The van der Waals surface area contributed by atoms with E-state index in [9.17, 15) is 15.0 Å². The second kappa shape index (κ2) is 33.4. The van der Waals surface area contributed by atoms with Gasteiger partial charge in [0.25, 0.3) is 0 Å². The first-order valence-corrected chi connectivity index (χ1v) is 18.1. The smallest absolute Gasteiger partial charge is 0.220 e. The number of unbranched alkanes of at least 4 members (excludes halogenated alkanes) is 23. The van der Waals surface area contributed by atoms with Gasteiger partial charge in [0.05, 0.1) is 18.8 Å². The third kappa shape index (κ3) is 30.1. The molecule has 0 aliphatic carbocycles. The summed E-state index contributed by atoms with van der Waals surface area (Å²) in [6, 6.07) is -0.631. The van der Waals surface area contributed by atoms with E-state index in [1.54, 1.807) is 6.08 Å². The van der Waals surface area contributed by atoms with Gasteiger partial charge in [0.2, 0.25) is 5.91 Å². The SMILES string of the molecule is CCCCCC/C=C/CC/C=C/[C@@H](O)[C@H](CO)NC(=O)CCCCCCCCCCCCCCCCCCCCC. The van der Waals surface area contributed by atoms with Crippen molar-refractivity contribution in [2.75, 3.05) is 6.61 Å². The van der Waals surface area contributed by atoms with Crippen LogP contribution in [-0.2, 0) is 4.79 Å². The van der Waals surface area contributed by atoms with E-state index >= 15 is 0 Å². The molecule has 0 saturated carbocycles. The molecule has 242 valence electrons. The maximum Gasteiger partial charge on any atom is 0.220 e. The minimum atomic E-state index is -0.855. The van der Waals surface area contributed by atoms with Gasteiger partial charge in [-0.2, -0.15) is 0 Å². The number of nitrogens with one attached hydrogen (secondary N) is 1. The normalized spacial score (nSPS) is 13.4. The van der Waals surface area contributed by atoms with E-state index in [1.807, 2.05) is 6.08 Å². The number of carbonyl (C=O) groups excluding carboxylic acids is 1. The minimum Gasteiger partial charge on any atom is -0.394 e. The van der Waals surface area contributed by atoms with Crippen molar-refractivity contribution in [1.29, 1.82) is 0 Å². The van der Waals surface area contributed by atoms with Crippen LogP contribution < -0.4 is 5.32 Å². The first-order valence-electron chi connectivity index (χ1n) is 18.1. The molecule has 0 fully saturated rings. The van der Waals surface area contributed by atoms with Gasteiger partial charge in [-0.05, 0) is 32.1 Å². The molecule has 2 atom stereocenters. The molecule has 4 heteroatoms. The average molecular weight is 578 g/mol. The van der Waals surface area contributed by atoms with Crippen LogP contribution in [0.4, 0.5) is 0 Å². The topological polar surface area (TPSA) is 69.6 Å². The Balaban J connectivity index is 3.57. The maximum atomic E-state index is 12.3. The Morgan fingerprint density at radius 3 is 1.41 bits per heavy atom. The zero-order valence-corrected chi connectivity index (χ0v) is 27.6. The zero-order chi connectivity index (χ0) is 30.1. The number of aliphatic hydroxyl groups excluding tert-OH is 2. The van der Waals surface area contributed by atoms with Gasteiger partial charge in [-0.25, -0.2) is 0 Å². The molecule has 3 N–H and O–H groups in total. The van der Waals surface area contributed by atoms with E-state index in [2.05, 4.69) is 31.3 Å². The predicted molar refractivity (Wildman–Crippen MR) is 179 cm³/mol. The predicted octanol–water partition coefficient (Wildman–Crippen LogP) is 10.5. The number of hydrogen-bond acceptors (Lipinski definition) is 3. The molecule has 41 heavy (non-hydrogen) atoms. The average Bonchev–Trinajstić information content (AvgIpc) is 2.97. The Bertz CT molecular complexity index is 589. The van der Waals surface area contributed by atoms with Gasteiger partial charge >= 0.3 is 0 Å². The van der Waals surface area contributed by atoms with Crippen LogP contribution in [0.2, 0.25) is 0 Å². The lowest BCUT2D eigenvalue weighted by atomic mass is 10.0. The molecule has 0 spiro atoms. The molecule has 0 bridgehead atoms. The highest BCUT2D eigenvalue weighted by atomic mass is 16.3. The number of amides is 1. The van der Waals surface area contributed by atoms with Crippen molar-refractivity contribution >= 4 is 5.91 Å². The van der Waals surface area contributed by atoms with E-state index in [0.29, 0.717) is 6.42 Å². The van der Waals surface area contributed by atoms with E-state index in [0.717, 1.165) is 32.1 Å². The number of aliphatic hydroxyl groups is 2. The summed E-state index contributed by atoms with van der Waals surface area (Å²) in [5, 5.41) is 22.8. The van der Waals surface area contributed by atoms with Crippen LogP contribution in [0, 0.1) is 0 Å². The number of allylic oxidation sites excluding steroid dienone is 3. The highest BCUT2D eigenvalue weighted by molar-refractivity contribution is 5.76. The van der Waals surface area contributed by atoms with Gasteiger partial charge < -0.3 is 15.5 Å². The summed E-state index contributed by atoms with van der Waals surface area (Å²) in [7, 11) is 0. The first-order chi connectivity index (χ1) is 20.2. The van der Waals surface area contributed by atoms with Gasteiger partial charge in [0.1, 0.15) is 0 Å². The van der Waals surface area contributed by atoms with Gasteiger partial charge in [-0.15, -0.1) is 0 Å². The summed E-state index contributed by atoms with van der Waals surface area (Å²) in [5.41, 5.74) is 0. The van der Waals surface area contributed by atoms with Crippen LogP contribution >= 0.6 is 0 Å². The molecule has 0 heterocycles. The Morgan fingerprint density at radius 1 is 0.561 bits per heavy atom. The lowest BCUT2D eigenvalue weighted by Crippen LogP contribution is -2.45. The maximum absolute atomic E-state index is 12.3. The second-order valence-electron chi connectivity index (χ2n) is 12.3. The molecular weight excluding hydrogens is 506 g/mol. The molecule has 0 aromatic heterocycles. The van der Waals surface area contributed by atoms with Crippen LogP contribution in [0.3, 0.4) is 0 Å².